The summed E-state index contributed by atoms with van der Waals surface area (Å²) < 4.78 is 9.81. The fraction of sp³-hybridized carbons (Fsp3) is 0.143. The maximum absolute atomic E-state index is 10.9. The predicted molar refractivity (Wildman–Crippen MR) is 74.6 cm³/mol. The van der Waals surface area contributed by atoms with Gasteiger partial charge in [0.05, 0.1) is 4.92 Å². The van der Waals surface area contributed by atoms with Crippen molar-refractivity contribution in [2.24, 2.45) is 0 Å². The Bertz CT molecular complexity index is 701. The molecule has 7 nitrogen and oxygen atoms in total. The monoisotopic (exact) mass is 288 g/mol. The molecule has 0 aliphatic heterocycles. The van der Waals surface area contributed by atoms with Gasteiger partial charge in [-0.05, 0) is 30.7 Å². The largest absolute Gasteiger partial charge is 0.427 e. The van der Waals surface area contributed by atoms with Crippen LogP contribution in [0.2, 0.25) is 0 Å². The third kappa shape index (κ3) is 3.53. The number of rotatable bonds is 4. The molecule has 0 saturated carbocycles. The molecule has 0 fully saturated rings. The van der Waals surface area contributed by atoms with E-state index in [1.165, 1.54) is 19.9 Å². The van der Waals surface area contributed by atoms with Crippen molar-refractivity contribution in [2.45, 2.75) is 13.8 Å². The molecule has 0 N–H and O–H groups in total. The van der Waals surface area contributed by atoms with Gasteiger partial charge in [0.15, 0.2) is 5.69 Å². The van der Waals surface area contributed by atoms with Crippen molar-refractivity contribution >= 4 is 23.8 Å². The van der Waals surface area contributed by atoms with Crippen LogP contribution in [-0.4, -0.2) is 16.0 Å². The zero-order chi connectivity index (χ0) is 15.4. The Morgan fingerprint density at radius 2 is 2.00 bits per heavy atom. The Morgan fingerprint density at radius 3 is 2.57 bits per heavy atom. The first-order valence-electron chi connectivity index (χ1n) is 6.04. The average Bonchev–Trinajstić information content (AvgIpc) is 2.78. The van der Waals surface area contributed by atoms with Crippen molar-refractivity contribution in [3.05, 3.63) is 51.4 Å². The first-order valence-corrected chi connectivity index (χ1v) is 6.04. The molecule has 0 spiro atoms. The molecule has 0 aliphatic carbocycles. The first-order chi connectivity index (χ1) is 9.97. The van der Waals surface area contributed by atoms with Gasteiger partial charge in [0.25, 0.3) is 0 Å². The fourth-order valence-electron chi connectivity index (χ4n) is 1.70. The van der Waals surface area contributed by atoms with Gasteiger partial charge in [0.1, 0.15) is 5.75 Å². The molecule has 108 valence electrons. The van der Waals surface area contributed by atoms with E-state index in [0.717, 1.165) is 5.56 Å². The van der Waals surface area contributed by atoms with E-state index in [1.807, 2.05) is 0 Å². The highest BCUT2D eigenvalue weighted by molar-refractivity contribution is 5.72. The van der Waals surface area contributed by atoms with E-state index >= 15 is 0 Å². The summed E-state index contributed by atoms with van der Waals surface area (Å²) in [7, 11) is 0. The van der Waals surface area contributed by atoms with Crippen LogP contribution in [0.1, 0.15) is 23.9 Å². The van der Waals surface area contributed by atoms with Gasteiger partial charge in [-0.15, -0.1) is 0 Å². The van der Waals surface area contributed by atoms with Crippen LogP contribution in [0.25, 0.3) is 12.2 Å². The molecule has 0 amide bonds. The summed E-state index contributed by atoms with van der Waals surface area (Å²) >= 11 is 0. The molecule has 1 aromatic carbocycles. The Balaban J connectivity index is 2.18. The fourth-order valence-corrected chi connectivity index (χ4v) is 1.70. The second-order valence-corrected chi connectivity index (χ2v) is 4.23. The van der Waals surface area contributed by atoms with Crippen LogP contribution in [-0.2, 0) is 4.79 Å². The summed E-state index contributed by atoms with van der Waals surface area (Å²) in [4.78, 5) is 21.1. The number of nitro groups is 1. The quantitative estimate of drug-likeness (QED) is 0.371. The first kappa shape index (κ1) is 14.4. The van der Waals surface area contributed by atoms with Gasteiger partial charge in [-0.1, -0.05) is 23.4 Å². The smallest absolute Gasteiger partial charge is 0.338 e. The molecule has 2 aromatic rings. The molecule has 0 bridgehead atoms. The Hall–Kier alpha value is -2.96. The third-order valence-electron chi connectivity index (χ3n) is 2.61. The second-order valence-electron chi connectivity index (χ2n) is 4.23. The summed E-state index contributed by atoms with van der Waals surface area (Å²) in [5.41, 5.74) is 0.849. The van der Waals surface area contributed by atoms with Gasteiger partial charge in [-0.25, -0.2) is 0 Å². The normalized spacial score (nSPS) is 10.8. The lowest BCUT2D eigenvalue weighted by molar-refractivity contribution is -0.386. The summed E-state index contributed by atoms with van der Waals surface area (Å²) in [5.74, 6) is 0.119. The zero-order valence-corrected chi connectivity index (χ0v) is 11.4. The number of aryl methyl sites for hydroxylation is 1. The van der Waals surface area contributed by atoms with Gasteiger partial charge in [-0.3, -0.25) is 14.9 Å². The summed E-state index contributed by atoms with van der Waals surface area (Å²) in [5, 5.41) is 14.5. The zero-order valence-electron chi connectivity index (χ0n) is 11.4. The highest BCUT2D eigenvalue weighted by atomic mass is 16.6. The third-order valence-corrected chi connectivity index (χ3v) is 2.61. The van der Waals surface area contributed by atoms with Crippen LogP contribution in [0.5, 0.6) is 5.75 Å². The number of nitrogens with zero attached hydrogens (tertiary/aromatic N) is 2. The number of esters is 1. The lowest BCUT2D eigenvalue weighted by Gasteiger charge is -2.00. The van der Waals surface area contributed by atoms with Crippen molar-refractivity contribution in [1.82, 2.24) is 5.16 Å². The number of hydrogen-bond donors (Lipinski definition) is 0. The van der Waals surface area contributed by atoms with Gasteiger partial charge in [0, 0.05) is 6.92 Å². The summed E-state index contributed by atoms with van der Waals surface area (Å²) in [6.07, 6.45) is 3.11. The maximum Gasteiger partial charge on any atom is 0.338 e. The van der Waals surface area contributed by atoms with Crippen molar-refractivity contribution in [3.8, 4) is 5.75 Å². The number of carbonyl (C=O) groups excluding carboxylic acids is 1. The molecule has 1 aromatic heterocycles. The van der Waals surface area contributed by atoms with Gasteiger partial charge in [0.2, 0.25) is 5.76 Å². The molecule has 0 atom stereocenters. The lowest BCUT2D eigenvalue weighted by atomic mass is 10.2. The Morgan fingerprint density at radius 1 is 1.33 bits per heavy atom. The molecule has 21 heavy (non-hydrogen) atoms. The van der Waals surface area contributed by atoms with Crippen molar-refractivity contribution in [1.29, 1.82) is 0 Å². The molecule has 1 heterocycles. The van der Waals surface area contributed by atoms with Crippen molar-refractivity contribution in [2.75, 3.05) is 0 Å². The van der Waals surface area contributed by atoms with E-state index in [4.69, 9.17) is 9.26 Å². The van der Waals surface area contributed by atoms with Crippen LogP contribution in [0.15, 0.2) is 28.8 Å². The molecular formula is C14H12N2O5. The molecule has 0 unspecified atom stereocenters. The van der Waals surface area contributed by atoms with Gasteiger partial charge >= 0.3 is 11.7 Å². The minimum absolute atomic E-state index is 0.0848. The molecule has 0 aliphatic rings. The number of aromatic nitrogens is 1. The molecular weight excluding hydrogens is 276 g/mol. The van der Waals surface area contributed by atoms with Crippen LogP contribution in [0, 0.1) is 17.0 Å². The van der Waals surface area contributed by atoms with E-state index in [2.05, 4.69) is 5.16 Å². The minimum atomic E-state index is -0.532. The molecule has 2 rings (SSSR count). The Labute approximate surface area is 120 Å². The van der Waals surface area contributed by atoms with E-state index in [0.29, 0.717) is 5.75 Å². The standard InChI is InChI=1S/C14H12N2O5/c1-9-14(16(18)19)13(21-15-9)8-5-11-3-6-12(7-4-11)20-10(2)17/h3-8H,1-2H3/b8-5-. The SMILES string of the molecule is CC(=O)Oc1ccc(/C=C\c2onc(C)c2[N+](=O)[O-])cc1. The van der Waals surface area contributed by atoms with Crippen LogP contribution >= 0.6 is 0 Å². The van der Waals surface area contributed by atoms with Crippen molar-refractivity contribution in [3.63, 3.8) is 0 Å². The number of benzene rings is 1. The van der Waals surface area contributed by atoms with E-state index in [9.17, 15) is 14.9 Å². The Kier molecular flexibility index (Phi) is 4.13. The highest BCUT2D eigenvalue weighted by Crippen LogP contribution is 2.24. The van der Waals surface area contributed by atoms with Crippen LogP contribution < -0.4 is 4.74 Å². The minimum Gasteiger partial charge on any atom is -0.427 e. The van der Waals surface area contributed by atoms with E-state index in [-0.39, 0.29) is 17.1 Å². The van der Waals surface area contributed by atoms with E-state index < -0.39 is 10.9 Å². The molecule has 0 saturated heterocycles. The van der Waals surface area contributed by atoms with Crippen LogP contribution in [0.4, 0.5) is 5.69 Å². The molecule has 0 radical (unpaired) electrons. The topological polar surface area (TPSA) is 95.5 Å². The van der Waals surface area contributed by atoms with Gasteiger partial charge < -0.3 is 9.26 Å². The number of hydrogen-bond acceptors (Lipinski definition) is 6. The lowest BCUT2D eigenvalue weighted by Crippen LogP contribution is -2.00. The number of carbonyl (C=O) groups is 1. The summed E-state index contributed by atoms with van der Waals surface area (Å²) in [6, 6.07) is 6.68. The second kappa shape index (κ2) is 6.00. The van der Waals surface area contributed by atoms with Crippen LogP contribution in [0.3, 0.4) is 0 Å². The van der Waals surface area contributed by atoms with E-state index in [1.54, 1.807) is 30.3 Å². The highest BCUT2D eigenvalue weighted by Gasteiger charge is 2.21. The summed E-state index contributed by atoms with van der Waals surface area (Å²) in [6.45, 7) is 2.83. The average molecular weight is 288 g/mol. The molecule has 7 heteroatoms. The maximum atomic E-state index is 10.9. The number of ether oxygens (including phenoxy) is 1. The van der Waals surface area contributed by atoms with Gasteiger partial charge in [-0.2, -0.15) is 0 Å². The predicted octanol–water partition coefficient (Wildman–Crippen LogP) is 2.99. The van der Waals surface area contributed by atoms with Crippen molar-refractivity contribution < 1.29 is 19.0 Å².